The molecule has 0 aliphatic carbocycles. The summed E-state index contributed by atoms with van der Waals surface area (Å²) in [6.07, 6.45) is 2.15. The largest absolute Gasteiger partial charge is 0.491 e. The molecule has 4 rings (SSSR count). The number of fused-ring (bicyclic) bond motifs is 1. The van der Waals surface area contributed by atoms with Gasteiger partial charge in [-0.1, -0.05) is 18.2 Å². The van der Waals surface area contributed by atoms with Gasteiger partial charge in [-0.25, -0.2) is 0 Å². The highest BCUT2D eigenvalue weighted by atomic mass is 32.2. The monoisotopic (exact) mass is 378 g/mol. The smallest absolute Gasteiger partial charge is 0.272 e. The molecule has 0 fully saturated rings. The van der Waals surface area contributed by atoms with E-state index in [0.29, 0.717) is 11.4 Å². The minimum Gasteiger partial charge on any atom is -0.491 e. The van der Waals surface area contributed by atoms with Crippen LogP contribution < -0.4 is 26.6 Å². The number of ether oxygens (including phenoxy) is 1. The number of nitrogens with two attached hydrogens (primary N) is 1. The van der Waals surface area contributed by atoms with Gasteiger partial charge in [0, 0.05) is 27.6 Å². The summed E-state index contributed by atoms with van der Waals surface area (Å²) in [7, 11) is 1.38. The molecule has 0 aromatic heterocycles. The first-order chi connectivity index (χ1) is 13.0. The van der Waals surface area contributed by atoms with Gasteiger partial charge < -0.3 is 15.8 Å². The number of hydrogen-bond donors (Lipinski definition) is 2. The highest BCUT2D eigenvalue weighted by molar-refractivity contribution is 7.99. The second-order valence-corrected chi connectivity index (χ2v) is 7.46. The molecule has 0 saturated carbocycles. The summed E-state index contributed by atoms with van der Waals surface area (Å²) in [5.41, 5.74) is 10.9. The quantitative estimate of drug-likeness (QED) is 0.534. The first kappa shape index (κ1) is 17.4. The maximum atomic E-state index is 11.8. The van der Waals surface area contributed by atoms with Crippen LogP contribution in [0, 0.1) is 6.92 Å². The van der Waals surface area contributed by atoms with Gasteiger partial charge in [0.25, 0.3) is 10.9 Å². The van der Waals surface area contributed by atoms with E-state index in [0.717, 1.165) is 22.5 Å². The molecule has 1 heterocycles. The van der Waals surface area contributed by atoms with Crippen LogP contribution >= 0.6 is 11.8 Å². The number of thioether (sulfide) groups is 1. The fourth-order valence-electron chi connectivity index (χ4n) is 3.23. The zero-order valence-corrected chi connectivity index (χ0v) is 15.8. The third-order valence-electron chi connectivity index (χ3n) is 4.70. The van der Waals surface area contributed by atoms with Crippen LogP contribution in [0.25, 0.3) is 11.6 Å². The van der Waals surface area contributed by atoms with Gasteiger partial charge in [0.15, 0.2) is 5.75 Å². The molecule has 6 heteroatoms. The third-order valence-corrected chi connectivity index (χ3v) is 5.84. The molecular weight excluding hydrogens is 360 g/mol. The van der Waals surface area contributed by atoms with Crippen molar-refractivity contribution in [1.29, 1.82) is 0 Å². The molecule has 3 aromatic rings. The predicted molar refractivity (Wildman–Crippen MR) is 112 cm³/mol. The van der Waals surface area contributed by atoms with E-state index in [1.807, 2.05) is 31.2 Å². The lowest BCUT2D eigenvalue weighted by Gasteiger charge is -2.20. The van der Waals surface area contributed by atoms with Crippen molar-refractivity contribution in [2.45, 2.75) is 11.8 Å². The van der Waals surface area contributed by atoms with Gasteiger partial charge in [0.05, 0.1) is 7.11 Å². The molecule has 0 spiro atoms. The molecule has 3 N–H and O–H groups in total. The van der Waals surface area contributed by atoms with Crippen molar-refractivity contribution in [3.63, 3.8) is 0 Å². The molecule has 136 valence electrons. The Morgan fingerprint density at radius 2 is 1.93 bits per heavy atom. The molecule has 27 heavy (non-hydrogen) atoms. The summed E-state index contributed by atoms with van der Waals surface area (Å²) in [4.78, 5) is 24.6. The van der Waals surface area contributed by atoms with E-state index in [1.54, 1.807) is 11.8 Å². The molecule has 0 unspecified atom stereocenters. The molecule has 3 aromatic carbocycles. The first-order valence-electron chi connectivity index (χ1n) is 8.47. The molecular formula is C21H18N2O3S. The number of nitrogen functional groups attached to an aromatic ring is 1. The Hall–Kier alpha value is -2.99. The summed E-state index contributed by atoms with van der Waals surface area (Å²) in [5.74, 6) is 0.880. The van der Waals surface area contributed by atoms with E-state index >= 15 is 0 Å². The number of methoxy groups -OCH3 is 1. The van der Waals surface area contributed by atoms with Gasteiger partial charge in [0.2, 0.25) is 0 Å². The minimum absolute atomic E-state index is 0.0670. The van der Waals surface area contributed by atoms with Crippen LogP contribution in [0.2, 0.25) is 0 Å². The van der Waals surface area contributed by atoms with E-state index in [-0.39, 0.29) is 11.4 Å². The Morgan fingerprint density at radius 1 is 1.15 bits per heavy atom. The van der Waals surface area contributed by atoms with Crippen LogP contribution in [0.15, 0.2) is 50.9 Å². The highest BCUT2D eigenvalue weighted by Crippen LogP contribution is 2.39. The Morgan fingerprint density at radius 3 is 2.70 bits per heavy atom. The number of anilines is 3. The van der Waals surface area contributed by atoms with Crippen LogP contribution in [0.1, 0.15) is 16.7 Å². The molecule has 0 atom stereocenters. The Bertz CT molecular complexity index is 1160. The molecule has 0 radical (unpaired) electrons. The zero-order chi connectivity index (χ0) is 19.1. The lowest BCUT2D eigenvalue weighted by Crippen LogP contribution is -2.34. The zero-order valence-electron chi connectivity index (χ0n) is 15.0. The van der Waals surface area contributed by atoms with Gasteiger partial charge in [-0.3, -0.25) is 9.59 Å². The van der Waals surface area contributed by atoms with Crippen molar-refractivity contribution >= 4 is 40.5 Å². The van der Waals surface area contributed by atoms with Crippen LogP contribution in [0.3, 0.4) is 0 Å². The van der Waals surface area contributed by atoms with Gasteiger partial charge >= 0.3 is 0 Å². The standard InChI is InChI=1S/C21H18N2O3S/c1-11-7-14(23-18-19(24)20(25)21(18)26-2)9-15(17(11)22)13-8-12-5-3-4-6-16(12)27-10-13/h3-9,23H,10,22H2,1-2H3. The maximum Gasteiger partial charge on any atom is 0.272 e. The second-order valence-electron chi connectivity index (χ2n) is 6.44. The van der Waals surface area contributed by atoms with Crippen molar-refractivity contribution in [3.05, 3.63) is 73.5 Å². The first-order valence-corrected chi connectivity index (χ1v) is 9.45. The number of hydrogen-bond acceptors (Lipinski definition) is 6. The summed E-state index contributed by atoms with van der Waals surface area (Å²) >= 11 is 1.77. The second kappa shape index (κ2) is 6.63. The normalized spacial score (nSPS) is 13.2. The summed E-state index contributed by atoms with van der Waals surface area (Å²) in [6, 6.07) is 12.0. The molecule has 0 saturated heterocycles. The lowest BCUT2D eigenvalue weighted by molar-refractivity contribution is 0.408. The van der Waals surface area contributed by atoms with E-state index in [2.05, 4.69) is 23.5 Å². The summed E-state index contributed by atoms with van der Waals surface area (Å²) < 4.78 is 5.00. The SMILES string of the molecule is COc1c(Nc2cc(C)c(N)c(C3=Cc4ccccc4SC3)c2)c(=O)c1=O. The lowest BCUT2D eigenvalue weighted by atomic mass is 9.98. The highest BCUT2D eigenvalue weighted by Gasteiger charge is 2.23. The number of nitrogens with one attached hydrogen (secondary N) is 1. The topological polar surface area (TPSA) is 81.4 Å². The fourth-order valence-corrected chi connectivity index (χ4v) is 4.25. The van der Waals surface area contributed by atoms with Crippen molar-refractivity contribution in [3.8, 4) is 5.75 Å². The average molecular weight is 378 g/mol. The molecule has 0 bridgehead atoms. The van der Waals surface area contributed by atoms with Crippen molar-refractivity contribution in [1.82, 2.24) is 0 Å². The number of benzene rings is 2. The third kappa shape index (κ3) is 2.92. The molecule has 1 aliphatic rings. The fraction of sp³-hybridized carbons (Fsp3) is 0.143. The number of aryl methyl sites for hydroxylation is 1. The Kier molecular flexibility index (Phi) is 4.28. The van der Waals surface area contributed by atoms with Crippen molar-refractivity contribution < 1.29 is 4.74 Å². The van der Waals surface area contributed by atoms with Crippen LogP contribution in [0.4, 0.5) is 17.1 Å². The summed E-state index contributed by atoms with van der Waals surface area (Å²) in [5, 5.41) is 3.02. The predicted octanol–water partition coefficient (Wildman–Crippen LogP) is 3.57. The Labute approximate surface area is 160 Å². The van der Waals surface area contributed by atoms with E-state index in [9.17, 15) is 9.59 Å². The molecule has 5 nitrogen and oxygen atoms in total. The Balaban J connectivity index is 1.75. The van der Waals surface area contributed by atoms with Gasteiger partial charge in [-0.05, 0) is 47.9 Å². The minimum atomic E-state index is -0.601. The van der Waals surface area contributed by atoms with E-state index in [1.165, 1.54) is 17.6 Å². The molecule has 1 aliphatic heterocycles. The number of rotatable bonds is 4. The van der Waals surface area contributed by atoms with Crippen molar-refractivity contribution in [2.75, 3.05) is 23.9 Å². The van der Waals surface area contributed by atoms with Gasteiger partial charge in [-0.2, -0.15) is 0 Å². The van der Waals surface area contributed by atoms with E-state index < -0.39 is 10.9 Å². The summed E-state index contributed by atoms with van der Waals surface area (Å²) in [6.45, 7) is 1.92. The van der Waals surface area contributed by atoms with E-state index in [4.69, 9.17) is 10.5 Å². The van der Waals surface area contributed by atoms with Crippen LogP contribution in [-0.2, 0) is 0 Å². The van der Waals surface area contributed by atoms with Crippen LogP contribution in [0.5, 0.6) is 5.75 Å². The van der Waals surface area contributed by atoms with Crippen LogP contribution in [-0.4, -0.2) is 12.9 Å². The molecule has 0 amide bonds. The maximum absolute atomic E-state index is 11.8. The van der Waals surface area contributed by atoms with Gasteiger partial charge in [-0.15, -0.1) is 11.8 Å². The van der Waals surface area contributed by atoms with Crippen molar-refractivity contribution in [2.24, 2.45) is 0 Å². The average Bonchev–Trinajstić information content (AvgIpc) is 2.69. The van der Waals surface area contributed by atoms with Gasteiger partial charge in [0.1, 0.15) is 5.69 Å².